The number of nitrogens with zero attached hydrogens (tertiary/aromatic N) is 1. The maximum atomic E-state index is 11.3. The smallest absolute Gasteiger partial charge is 0.223 e. The minimum atomic E-state index is 0.135. The zero-order chi connectivity index (χ0) is 11.1. The average molecular weight is 207 g/mol. The summed E-state index contributed by atoms with van der Waals surface area (Å²) in [7, 11) is 0. The third kappa shape index (κ3) is 3.90. The van der Waals surface area contributed by atoms with Crippen molar-refractivity contribution >= 4 is 5.91 Å². The van der Waals surface area contributed by atoms with Crippen LogP contribution in [0.4, 0.5) is 0 Å². The molecule has 0 aromatic carbocycles. The molecule has 0 aliphatic carbocycles. The molecule has 1 unspecified atom stereocenters. The lowest BCUT2D eigenvalue weighted by Gasteiger charge is -2.27. The molecule has 0 radical (unpaired) electrons. The van der Waals surface area contributed by atoms with Gasteiger partial charge in [-0.3, -0.25) is 4.79 Å². The van der Waals surface area contributed by atoms with E-state index in [1.807, 2.05) is 23.3 Å². The zero-order valence-electron chi connectivity index (χ0n) is 9.78. The van der Waals surface area contributed by atoms with Gasteiger partial charge in [-0.25, -0.2) is 0 Å². The molecule has 0 saturated heterocycles. The first-order chi connectivity index (χ1) is 7.25. The van der Waals surface area contributed by atoms with E-state index in [4.69, 9.17) is 0 Å². The third-order valence-electron chi connectivity index (χ3n) is 2.77. The number of allylic oxidation sites excluding steroid dienone is 2. The van der Waals surface area contributed by atoms with Gasteiger partial charge < -0.3 is 4.90 Å². The normalized spacial score (nSPS) is 19.6. The number of carbonyl (C=O) groups excluding carboxylic acids is 1. The zero-order valence-corrected chi connectivity index (χ0v) is 9.78. The number of carbonyl (C=O) groups is 1. The van der Waals surface area contributed by atoms with Gasteiger partial charge in [-0.1, -0.05) is 44.8 Å². The molecule has 1 heterocycles. The van der Waals surface area contributed by atoms with Gasteiger partial charge in [0, 0.05) is 13.1 Å². The Morgan fingerprint density at radius 2 is 2.07 bits per heavy atom. The van der Waals surface area contributed by atoms with E-state index in [0.717, 1.165) is 6.42 Å². The molecule has 1 atom stereocenters. The van der Waals surface area contributed by atoms with E-state index in [0.29, 0.717) is 0 Å². The van der Waals surface area contributed by atoms with Crippen molar-refractivity contribution in [2.45, 2.75) is 52.0 Å². The molecule has 0 aromatic heterocycles. The molecular formula is C13H21NO. The molecule has 0 aromatic rings. The second kappa shape index (κ2) is 6.44. The molecule has 1 aliphatic heterocycles. The Morgan fingerprint density at radius 3 is 2.73 bits per heavy atom. The highest BCUT2D eigenvalue weighted by atomic mass is 16.2. The van der Waals surface area contributed by atoms with Crippen LogP contribution in [0.2, 0.25) is 0 Å². The van der Waals surface area contributed by atoms with Gasteiger partial charge in [0.05, 0.1) is 6.04 Å². The van der Waals surface area contributed by atoms with Crippen LogP contribution >= 0.6 is 0 Å². The van der Waals surface area contributed by atoms with Gasteiger partial charge in [-0.2, -0.15) is 0 Å². The SMILES string of the molecule is CCCCCCC1C=CC=CN1C(C)=O. The Labute approximate surface area is 92.7 Å². The van der Waals surface area contributed by atoms with Crippen molar-refractivity contribution < 1.29 is 4.79 Å². The van der Waals surface area contributed by atoms with Crippen LogP contribution in [0.25, 0.3) is 0 Å². The van der Waals surface area contributed by atoms with Crippen LogP contribution in [0.3, 0.4) is 0 Å². The summed E-state index contributed by atoms with van der Waals surface area (Å²) in [6, 6.07) is 0.282. The van der Waals surface area contributed by atoms with Gasteiger partial charge in [-0.15, -0.1) is 0 Å². The first kappa shape index (κ1) is 12.0. The Hall–Kier alpha value is -1.05. The van der Waals surface area contributed by atoms with E-state index < -0.39 is 0 Å². The molecule has 0 spiro atoms. The van der Waals surface area contributed by atoms with Crippen molar-refractivity contribution in [2.24, 2.45) is 0 Å². The van der Waals surface area contributed by atoms with Crippen LogP contribution in [0, 0.1) is 0 Å². The second-order valence-electron chi connectivity index (χ2n) is 4.07. The van der Waals surface area contributed by atoms with Crippen LogP contribution in [-0.2, 0) is 4.79 Å². The largest absolute Gasteiger partial charge is 0.312 e. The van der Waals surface area contributed by atoms with Crippen molar-refractivity contribution in [1.82, 2.24) is 4.90 Å². The highest BCUT2D eigenvalue weighted by Gasteiger charge is 2.17. The summed E-state index contributed by atoms with van der Waals surface area (Å²) in [5, 5.41) is 0. The van der Waals surface area contributed by atoms with Crippen molar-refractivity contribution in [1.29, 1.82) is 0 Å². The maximum absolute atomic E-state index is 11.3. The van der Waals surface area contributed by atoms with Crippen LogP contribution in [0.1, 0.15) is 46.0 Å². The summed E-state index contributed by atoms with van der Waals surface area (Å²) in [6.07, 6.45) is 14.1. The summed E-state index contributed by atoms with van der Waals surface area (Å²) in [4.78, 5) is 13.2. The maximum Gasteiger partial charge on any atom is 0.223 e. The number of amides is 1. The highest BCUT2D eigenvalue weighted by Crippen LogP contribution is 2.16. The van der Waals surface area contributed by atoms with Crippen molar-refractivity contribution in [3.05, 3.63) is 24.4 Å². The fraction of sp³-hybridized carbons (Fsp3) is 0.615. The lowest BCUT2D eigenvalue weighted by atomic mass is 10.0. The van der Waals surface area contributed by atoms with Crippen molar-refractivity contribution in [3.63, 3.8) is 0 Å². The predicted octanol–water partition coefficient (Wildman–Crippen LogP) is 3.26. The van der Waals surface area contributed by atoms with Gasteiger partial charge in [0.2, 0.25) is 5.91 Å². The number of rotatable bonds is 5. The quantitative estimate of drug-likeness (QED) is 0.634. The van der Waals surface area contributed by atoms with E-state index in [9.17, 15) is 4.79 Å². The first-order valence-corrected chi connectivity index (χ1v) is 5.89. The minimum Gasteiger partial charge on any atom is -0.312 e. The van der Waals surface area contributed by atoms with Gasteiger partial charge in [0.1, 0.15) is 0 Å². The van der Waals surface area contributed by atoms with E-state index >= 15 is 0 Å². The molecule has 0 bridgehead atoms. The third-order valence-corrected chi connectivity index (χ3v) is 2.77. The van der Waals surface area contributed by atoms with E-state index in [2.05, 4.69) is 13.0 Å². The van der Waals surface area contributed by atoms with Crippen LogP contribution < -0.4 is 0 Å². The average Bonchev–Trinajstić information content (AvgIpc) is 2.25. The molecule has 0 saturated carbocycles. The van der Waals surface area contributed by atoms with Gasteiger partial charge in [-0.05, 0) is 12.5 Å². The molecule has 1 rings (SSSR count). The van der Waals surface area contributed by atoms with Gasteiger partial charge >= 0.3 is 0 Å². The molecule has 84 valence electrons. The second-order valence-corrected chi connectivity index (χ2v) is 4.07. The first-order valence-electron chi connectivity index (χ1n) is 5.89. The Balaban J connectivity index is 2.35. The topological polar surface area (TPSA) is 20.3 Å². The molecule has 0 fully saturated rings. The monoisotopic (exact) mass is 207 g/mol. The minimum absolute atomic E-state index is 0.135. The molecule has 0 N–H and O–H groups in total. The van der Waals surface area contributed by atoms with E-state index in [-0.39, 0.29) is 11.9 Å². The van der Waals surface area contributed by atoms with Gasteiger partial charge in [0.15, 0.2) is 0 Å². The highest BCUT2D eigenvalue weighted by molar-refractivity contribution is 5.75. The standard InChI is InChI=1S/C13H21NO/c1-3-4-5-6-9-13-10-7-8-11-14(13)12(2)15/h7-8,10-11,13H,3-6,9H2,1-2H3. The summed E-state index contributed by atoms with van der Waals surface area (Å²) in [6.45, 7) is 3.84. The van der Waals surface area contributed by atoms with Crippen molar-refractivity contribution in [3.8, 4) is 0 Å². The predicted molar refractivity (Wildman–Crippen MR) is 63.3 cm³/mol. The lowest BCUT2D eigenvalue weighted by molar-refractivity contribution is -0.127. The Kier molecular flexibility index (Phi) is 5.16. The molecule has 1 aliphatic rings. The summed E-state index contributed by atoms with van der Waals surface area (Å²) in [5.74, 6) is 0.135. The number of hydrogen-bond acceptors (Lipinski definition) is 1. The number of hydrogen-bond donors (Lipinski definition) is 0. The van der Waals surface area contributed by atoms with Crippen LogP contribution in [0.15, 0.2) is 24.4 Å². The molecule has 15 heavy (non-hydrogen) atoms. The molecular weight excluding hydrogens is 186 g/mol. The molecule has 2 nitrogen and oxygen atoms in total. The summed E-state index contributed by atoms with van der Waals surface area (Å²) < 4.78 is 0. The summed E-state index contributed by atoms with van der Waals surface area (Å²) >= 11 is 0. The van der Waals surface area contributed by atoms with Crippen LogP contribution in [0.5, 0.6) is 0 Å². The van der Waals surface area contributed by atoms with E-state index in [1.165, 1.54) is 25.7 Å². The fourth-order valence-corrected chi connectivity index (χ4v) is 1.89. The van der Waals surface area contributed by atoms with E-state index in [1.54, 1.807) is 6.92 Å². The fourth-order valence-electron chi connectivity index (χ4n) is 1.89. The Bertz CT molecular complexity index is 255. The van der Waals surface area contributed by atoms with Gasteiger partial charge in [0.25, 0.3) is 0 Å². The van der Waals surface area contributed by atoms with Crippen molar-refractivity contribution in [2.75, 3.05) is 0 Å². The Morgan fingerprint density at radius 1 is 1.27 bits per heavy atom. The molecule has 2 heteroatoms. The van der Waals surface area contributed by atoms with Crippen LogP contribution in [-0.4, -0.2) is 16.8 Å². The lowest BCUT2D eigenvalue weighted by Crippen LogP contribution is -2.34. The molecule has 1 amide bonds. The number of unbranched alkanes of at least 4 members (excludes halogenated alkanes) is 3. The summed E-state index contributed by atoms with van der Waals surface area (Å²) in [5.41, 5.74) is 0.